The van der Waals surface area contributed by atoms with Crippen molar-refractivity contribution in [3.05, 3.63) is 23.3 Å². The number of aliphatic imine (C=N–C) groups is 1. The number of alkyl halides is 3. The highest BCUT2D eigenvalue weighted by atomic mass is 19.4. The van der Waals surface area contributed by atoms with Crippen molar-refractivity contribution in [1.29, 1.82) is 0 Å². The first kappa shape index (κ1) is 22.8. The van der Waals surface area contributed by atoms with Gasteiger partial charge in [-0.1, -0.05) is 5.16 Å². The molecule has 0 bridgehead atoms. The smallest absolute Gasteiger partial charge is 0.396 e. The highest BCUT2D eigenvalue weighted by molar-refractivity contribution is 5.82. The molecule has 1 aromatic rings. The molecule has 0 N–H and O–H groups in total. The third kappa shape index (κ3) is 6.77. The predicted octanol–water partition coefficient (Wildman–Crippen LogP) is 5.06. The van der Waals surface area contributed by atoms with E-state index in [4.69, 9.17) is 9.57 Å². The van der Waals surface area contributed by atoms with E-state index in [-0.39, 0.29) is 23.4 Å². The molecular weight excluding hydrogens is 359 g/mol. The first-order valence-electron chi connectivity index (χ1n) is 8.79. The van der Waals surface area contributed by atoms with Crippen LogP contribution >= 0.6 is 0 Å². The molecule has 0 fully saturated rings. The first-order chi connectivity index (χ1) is 12.6. The minimum absolute atomic E-state index is 0.0661. The van der Waals surface area contributed by atoms with Gasteiger partial charge in [-0.15, -0.1) is 0 Å². The van der Waals surface area contributed by atoms with Crippen LogP contribution in [0.1, 0.15) is 44.2 Å². The molecule has 1 atom stereocenters. The van der Waals surface area contributed by atoms with Crippen molar-refractivity contribution in [2.75, 3.05) is 27.3 Å². The van der Waals surface area contributed by atoms with E-state index < -0.39 is 12.1 Å². The van der Waals surface area contributed by atoms with Crippen LogP contribution in [0.3, 0.4) is 0 Å². The van der Waals surface area contributed by atoms with E-state index in [1.807, 2.05) is 18.9 Å². The van der Waals surface area contributed by atoms with E-state index in [2.05, 4.69) is 10.1 Å². The summed E-state index contributed by atoms with van der Waals surface area (Å²) < 4.78 is 46.5. The molecule has 0 aromatic heterocycles. The van der Waals surface area contributed by atoms with Gasteiger partial charge in [0.2, 0.25) is 0 Å². The number of halogens is 3. The molecule has 0 aliphatic carbocycles. The van der Waals surface area contributed by atoms with Gasteiger partial charge in [0.15, 0.2) is 0 Å². The van der Waals surface area contributed by atoms with Crippen molar-refractivity contribution in [2.45, 2.75) is 46.2 Å². The van der Waals surface area contributed by atoms with E-state index in [9.17, 15) is 13.2 Å². The second-order valence-corrected chi connectivity index (χ2v) is 6.24. The number of aryl methyl sites for hydroxylation is 1. The number of hydrogen-bond acceptors (Lipinski definition) is 4. The van der Waals surface area contributed by atoms with Crippen LogP contribution in [0.15, 0.2) is 22.3 Å². The zero-order valence-corrected chi connectivity index (χ0v) is 16.7. The van der Waals surface area contributed by atoms with Gasteiger partial charge < -0.3 is 14.5 Å². The molecule has 0 saturated heterocycles. The van der Waals surface area contributed by atoms with Crippen molar-refractivity contribution < 1.29 is 22.7 Å². The van der Waals surface area contributed by atoms with Gasteiger partial charge in [-0.3, -0.25) is 0 Å². The molecule has 0 amide bonds. The van der Waals surface area contributed by atoms with Gasteiger partial charge in [0.05, 0.1) is 30.8 Å². The lowest BCUT2D eigenvalue weighted by Crippen LogP contribution is -2.24. The third-order valence-electron chi connectivity index (χ3n) is 4.06. The maximum atomic E-state index is 13.7. The lowest BCUT2D eigenvalue weighted by molar-refractivity contribution is -0.149. The Balaban J connectivity index is 3.33. The maximum Gasteiger partial charge on any atom is 0.396 e. The highest BCUT2D eigenvalue weighted by Crippen LogP contribution is 2.43. The Morgan fingerprint density at radius 1 is 1.30 bits per heavy atom. The fourth-order valence-corrected chi connectivity index (χ4v) is 2.44. The Hall–Kier alpha value is -2.25. The van der Waals surface area contributed by atoms with Gasteiger partial charge in [0.25, 0.3) is 0 Å². The van der Waals surface area contributed by atoms with E-state index >= 15 is 0 Å². The van der Waals surface area contributed by atoms with Crippen LogP contribution in [-0.2, 0) is 4.84 Å². The normalized spacial score (nSPS) is 13.7. The Morgan fingerprint density at radius 2 is 1.96 bits per heavy atom. The van der Waals surface area contributed by atoms with Crippen molar-refractivity contribution >= 4 is 17.7 Å². The number of methoxy groups -OCH3 is 1. The largest absolute Gasteiger partial charge is 0.496 e. The number of oxime groups is 1. The summed E-state index contributed by atoms with van der Waals surface area (Å²) in [5.41, 5.74) is 1.54. The molecule has 0 heterocycles. The summed E-state index contributed by atoms with van der Waals surface area (Å²) in [4.78, 5) is 11.1. The van der Waals surface area contributed by atoms with E-state index in [1.165, 1.54) is 20.1 Å². The molecule has 27 heavy (non-hydrogen) atoms. The average molecular weight is 387 g/mol. The first-order valence-corrected chi connectivity index (χ1v) is 8.79. The summed E-state index contributed by atoms with van der Waals surface area (Å²) in [6, 6.07) is 3.03. The number of rotatable bonds is 9. The van der Waals surface area contributed by atoms with Gasteiger partial charge in [-0.2, -0.15) is 13.2 Å². The summed E-state index contributed by atoms with van der Waals surface area (Å²) in [6.45, 7) is 8.02. The number of benzene rings is 1. The van der Waals surface area contributed by atoms with Crippen molar-refractivity contribution in [2.24, 2.45) is 10.1 Å². The van der Waals surface area contributed by atoms with Crippen LogP contribution < -0.4 is 4.74 Å². The van der Waals surface area contributed by atoms with E-state index in [1.54, 1.807) is 26.3 Å². The third-order valence-corrected chi connectivity index (χ3v) is 4.06. The monoisotopic (exact) mass is 387 g/mol. The standard InChI is InChI=1S/C19H28F3N3O2/c1-7-25(5)12-23-17-11-18(26-6)15(9-13(17)3)16(19(20,21)22)10-14(4)24-27-8-2/h9,11-12,16H,7-8,10H2,1-6H3/b23-12?,24-14+. The van der Waals surface area contributed by atoms with Gasteiger partial charge >= 0.3 is 6.18 Å². The highest BCUT2D eigenvalue weighted by Gasteiger charge is 2.42. The van der Waals surface area contributed by atoms with Crippen LogP contribution in [0.2, 0.25) is 0 Å². The van der Waals surface area contributed by atoms with Gasteiger partial charge in [0, 0.05) is 31.6 Å². The molecular formula is C19H28F3N3O2. The molecule has 1 unspecified atom stereocenters. The lowest BCUT2D eigenvalue weighted by Gasteiger charge is -2.23. The van der Waals surface area contributed by atoms with Crippen LogP contribution in [0.4, 0.5) is 18.9 Å². The molecule has 0 aliphatic rings. The van der Waals surface area contributed by atoms with Crippen LogP contribution in [0, 0.1) is 6.92 Å². The Labute approximate surface area is 158 Å². The molecule has 152 valence electrons. The molecule has 0 saturated carbocycles. The van der Waals surface area contributed by atoms with E-state index in [0.29, 0.717) is 17.9 Å². The average Bonchev–Trinajstić information content (AvgIpc) is 2.61. The van der Waals surface area contributed by atoms with Gasteiger partial charge in [0.1, 0.15) is 12.4 Å². The second-order valence-electron chi connectivity index (χ2n) is 6.24. The van der Waals surface area contributed by atoms with Gasteiger partial charge in [-0.25, -0.2) is 4.99 Å². The Kier molecular flexibility index (Phi) is 8.59. The van der Waals surface area contributed by atoms with Crippen molar-refractivity contribution in [3.8, 4) is 5.75 Å². The molecule has 0 aliphatic heterocycles. The topological polar surface area (TPSA) is 46.4 Å². The molecule has 0 radical (unpaired) electrons. The lowest BCUT2D eigenvalue weighted by atomic mass is 9.90. The second kappa shape index (κ2) is 10.2. The van der Waals surface area contributed by atoms with Crippen molar-refractivity contribution in [1.82, 2.24) is 4.90 Å². The predicted molar refractivity (Wildman–Crippen MR) is 102 cm³/mol. The van der Waals surface area contributed by atoms with Crippen LogP contribution in [-0.4, -0.2) is 50.4 Å². The SMILES string of the molecule is CCO/N=C(\C)CC(c1cc(C)c(N=CN(C)CC)cc1OC)C(F)(F)F. The maximum absolute atomic E-state index is 13.7. The minimum atomic E-state index is -4.45. The number of nitrogens with zero attached hydrogens (tertiary/aromatic N) is 3. The minimum Gasteiger partial charge on any atom is -0.496 e. The van der Waals surface area contributed by atoms with Gasteiger partial charge in [-0.05, 0) is 39.3 Å². The molecule has 5 nitrogen and oxygen atoms in total. The van der Waals surface area contributed by atoms with Crippen molar-refractivity contribution in [3.63, 3.8) is 0 Å². The summed E-state index contributed by atoms with van der Waals surface area (Å²) >= 11 is 0. The zero-order chi connectivity index (χ0) is 20.6. The summed E-state index contributed by atoms with van der Waals surface area (Å²) in [7, 11) is 3.22. The Bertz CT molecular complexity index is 673. The summed E-state index contributed by atoms with van der Waals surface area (Å²) in [6.07, 6.45) is -3.11. The molecule has 1 aromatic carbocycles. The number of hydrogen-bond donors (Lipinski definition) is 0. The van der Waals surface area contributed by atoms with Crippen LogP contribution in [0.25, 0.3) is 0 Å². The molecule has 8 heteroatoms. The summed E-state index contributed by atoms with van der Waals surface area (Å²) in [5.74, 6) is -1.59. The fourth-order valence-electron chi connectivity index (χ4n) is 2.44. The quantitative estimate of drug-likeness (QED) is 0.338. The summed E-state index contributed by atoms with van der Waals surface area (Å²) in [5, 5.41) is 3.72. The fraction of sp³-hybridized carbons (Fsp3) is 0.579. The Morgan fingerprint density at radius 3 is 2.48 bits per heavy atom. The molecule has 1 rings (SSSR count). The zero-order valence-electron chi connectivity index (χ0n) is 16.7. The van der Waals surface area contributed by atoms with Crippen LogP contribution in [0.5, 0.6) is 5.75 Å². The van der Waals surface area contributed by atoms with E-state index in [0.717, 1.165) is 6.54 Å². The molecule has 0 spiro atoms. The number of ether oxygens (including phenoxy) is 1.